The Morgan fingerprint density at radius 1 is 1.14 bits per heavy atom. The maximum absolute atomic E-state index is 4.44. The van der Waals surface area contributed by atoms with Gasteiger partial charge in [-0.15, -0.1) is 11.8 Å². The van der Waals surface area contributed by atoms with E-state index in [4.69, 9.17) is 0 Å². The summed E-state index contributed by atoms with van der Waals surface area (Å²) in [6.07, 6.45) is 3.83. The van der Waals surface area contributed by atoms with E-state index in [9.17, 15) is 0 Å². The molecule has 21 heavy (non-hydrogen) atoms. The van der Waals surface area contributed by atoms with Crippen LogP contribution in [-0.4, -0.2) is 15.5 Å². The smallest absolute Gasteiger partial charge is 0.138 e. The van der Waals surface area contributed by atoms with Crippen molar-refractivity contribution in [2.45, 2.75) is 50.4 Å². The Labute approximate surface area is 131 Å². The molecule has 0 saturated carbocycles. The average Bonchev–Trinajstić information content (AvgIpc) is 2.43. The molecule has 2 aromatic rings. The minimum absolute atomic E-state index is 0.111. The lowest BCUT2D eigenvalue weighted by Gasteiger charge is -2.20. The molecular weight excluding hydrogens is 278 g/mol. The van der Waals surface area contributed by atoms with Gasteiger partial charge in [0.1, 0.15) is 5.82 Å². The summed E-state index contributed by atoms with van der Waals surface area (Å²) in [5, 5.41) is 3.44. The van der Waals surface area contributed by atoms with Gasteiger partial charge < -0.3 is 5.32 Å². The molecule has 0 radical (unpaired) electrons. The van der Waals surface area contributed by atoms with Gasteiger partial charge in [0, 0.05) is 34.9 Å². The van der Waals surface area contributed by atoms with Crippen molar-refractivity contribution in [2.24, 2.45) is 0 Å². The zero-order chi connectivity index (χ0) is 15.3. The first-order chi connectivity index (χ1) is 9.92. The second kappa shape index (κ2) is 7.05. The van der Waals surface area contributed by atoms with Crippen molar-refractivity contribution < 1.29 is 0 Å². The molecule has 0 aliphatic carbocycles. The van der Waals surface area contributed by atoms with E-state index in [-0.39, 0.29) is 5.54 Å². The molecule has 0 aliphatic rings. The van der Waals surface area contributed by atoms with Gasteiger partial charge in [-0.05, 0) is 39.8 Å². The van der Waals surface area contributed by atoms with Gasteiger partial charge in [-0.25, -0.2) is 9.97 Å². The first kappa shape index (κ1) is 16.0. The van der Waals surface area contributed by atoms with Gasteiger partial charge in [-0.1, -0.05) is 17.7 Å². The van der Waals surface area contributed by atoms with E-state index in [1.165, 1.54) is 10.5 Å². The fourth-order valence-corrected chi connectivity index (χ4v) is 2.66. The van der Waals surface area contributed by atoms with Crippen LogP contribution < -0.4 is 5.32 Å². The molecule has 0 atom stereocenters. The van der Waals surface area contributed by atoms with Gasteiger partial charge in [-0.3, -0.25) is 0 Å². The number of nitrogens with zero attached hydrogens (tertiary/aromatic N) is 2. The number of benzene rings is 1. The quantitative estimate of drug-likeness (QED) is 0.848. The predicted octanol–water partition coefficient (Wildman–Crippen LogP) is 3.97. The lowest BCUT2D eigenvalue weighted by Crippen LogP contribution is -2.35. The minimum Gasteiger partial charge on any atom is -0.308 e. The predicted molar refractivity (Wildman–Crippen MR) is 89.4 cm³/mol. The first-order valence-corrected chi connectivity index (χ1v) is 8.15. The van der Waals surface area contributed by atoms with Gasteiger partial charge in [0.25, 0.3) is 0 Å². The number of hydrogen-bond acceptors (Lipinski definition) is 4. The molecule has 0 aliphatic heterocycles. The van der Waals surface area contributed by atoms with Crippen LogP contribution in [0.3, 0.4) is 0 Å². The highest BCUT2D eigenvalue weighted by atomic mass is 32.2. The summed E-state index contributed by atoms with van der Waals surface area (Å²) in [4.78, 5) is 10.2. The van der Waals surface area contributed by atoms with Crippen LogP contribution in [0.5, 0.6) is 0 Å². The zero-order valence-electron chi connectivity index (χ0n) is 13.2. The third-order valence-corrected chi connectivity index (χ3v) is 3.93. The van der Waals surface area contributed by atoms with Crippen molar-refractivity contribution in [1.82, 2.24) is 15.3 Å². The number of thioether (sulfide) groups is 1. The fourth-order valence-electron chi connectivity index (χ4n) is 1.77. The Balaban J connectivity index is 1.87. The van der Waals surface area contributed by atoms with Gasteiger partial charge in [0.05, 0.1) is 5.75 Å². The molecule has 1 heterocycles. The van der Waals surface area contributed by atoms with Crippen LogP contribution in [0.1, 0.15) is 37.7 Å². The summed E-state index contributed by atoms with van der Waals surface area (Å²) in [6.45, 7) is 9.37. The molecule has 0 bridgehead atoms. The summed E-state index contributed by atoms with van der Waals surface area (Å²) in [6, 6.07) is 8.50. The van der Waals surface area contributed by atoms with Crippen molar-refractivity contribution in [3.8, 4) is 0 Å². The second-order valence-electron chi connectivity index (χ2n) is 6.22. The fraction of sp³-hybridized carbons (Fsp3) is 0.412. The van der Waals surface area contributed by atoms with Crippen LogP contribution in [-0.2, 0) is 12.3 Å². The first-order valence-electron chi connectivity index (χ1n) is 7.17. The van der Waals surface area contributed by atoms with Crippen LogP contribution in [0.15, 0.2) is 41.6 Å². The Kier molecular flexibility index (Phi) is 5.37. The molecule has 0 saturated heterocycles. The SMILES string of the molecule is Cc1cccc(SCc2ncc(CNC(C)(C)C)cn2)c1. The highest BCUT2D eigenvalue weighted by molar-refractivity contribution is 7.98. The average molecular weight is 301 g/mol. The molecular formula is C17H23N3S. The second-order valence-corrected chi connectivity index (χ2v) is 7.27. The van der Waals surface area contributed by atoms with E-state index in [1.54, 1.807) is 11.8 Å². The van der Waals surface area contributed by atoms with E-state index in [1.807, 2.05) is 12.4 Å². The molecule has 0 unspecified atom stereocenters. The molecule has 0 spiro atoms. The van der Waals surface area contributed by atoms with E-state index in [0.29, 0.717) is 0 Å². The van der Waals surface area contributed by atoms with Crippen molar-refractivity contribution in [3.05, 3.63) is 53.6 Å². The largest absolute Gasteiger partial charge is 0.308 e. The molecule has 1 aromatic heterocycles. The van der Waals surface area contributed by atoms with Crippen LogP contribution in [0.25, 0.3) is 0 Å². The topological polar surface area (TPSA) is 37.8 Å². The third-order valence-electron chi connectivity index (χ3n) is 2.94. The maximum Gasteiger partial charge on any atom is 0.138 e. The molecule has 3 nitrogen and oxygen atoms in total. The molecule has 112 valence electrons. The van der Waals surface area contributed by atoms with Crippen molar-refractivity contribution in [3.63, 3.8) is 0 Å². The molecule has 0 amide bonds. The van der Waals surface area contributed by atoms with Gasteiger partial charge >= 0.3 is 0 Å². The van der Waals surface area contributed by atoms with Crippen molar-refractivity contribution in [1.29, 1.82) is 0 Å². The summed E-state index contributed by atoms with van der Waals surface area (Å²) in [5.74, 6) is 1.68. The number of hydrogen-bond donors (Lipinski definition) is 1. The monoisotopic (exact) mass is 301 g/mol. The third kappa shape index (κ3) is 5.86. The molecule has 2 rings (SSSR count). The minimum atomic E-state index is 0.111. The Hall–Kier alpha value is -1.39. The number of aromatic nitrogens is 2. The van der Waals surface area contributed by atoms with E-state index in [0.717, 1.165) is 23.7 Å². The van der Waals surface area contributed by atoms with Crippen LogP contribution in [0.4, 0.5) is 0 Å². The highest BCUT2D eigenvalue weighted by Crippen LogP contribution is 2.21. The Bertz CT molecular complexity index is 573. The van der Waals surface area contributed by atoms with Gasteiger partial charge in [-0.2, -0.15) is 0 Å². The number of rotatable bonds is 5. The summed E-state index contributed by atoms with van der Waals surface area (Å²) < 4.78 is 0. The number of nitrogens with one attached hydrogen (secondary N) is 1. The van der Waals surface area contributed by atoms with E-state index < -0.39 is 0 Å². The molecule has 4 heteroatoms. The molecule has 1 N–H and O–H groups in total. The van der Waals surface area contributed by atoms with E-state index in [2.05, 4.69) is 67.2 Å². The molecule has 1 aromatic carbocycles. The molecule has 0 fully saturated rings. The highest BCUT2D eigenvalue weighted by Gasteiger charge is 2.08. The normalized spacial score (nSPS) is 11.6. The van der Waals surface area contributed by atoms with Crippen LogP contribution >= 0.6 is 11.8 Å². The summed E-state index contributed by atoms with van der Waals surface area (Å²) >= 11 is 1.77. The van der Waals surface area contributed by atoms with Crippen LogP contribution in [0.2, 0.25) is 0 Å². The Morgan fingerprint density at radius 3 is 2.48 bits per heavy atom. The zero-order valence-corrected chi connectivity index (χ0v) is 14.0. The van der Waals surface area contributed by atoms with Gasteiger partial charge in [0.2, 0.25) is 0 Å². The van der Waals surface area contributed by atoms with Crippen molar-refractivity contribution in [2.75, 3.05) is 0 Å². The number of aryl methyl sites for hydroxylation is 1. The lowest BCUT2D eigenvalue weighted by atomic mass is 10.1. The Morgan fingerprint density at radius 2 is 1.86 bits per heavy atom. The summed E-state index contributed by atoms with van der Waals surface area (Å²) in [7, 11) is 0. The van der Waals surface area contributed by atoms with E-state index >= 15 is 0 Å². The standard InChI is InChI=1S/C17H23N3S/c1-13-6-5-7-15(8-13)21-12-16-18-9-14(10-19-16)11-20-17(2,3)4/h5-10,20H,11-12H2,1-4H3. The maximum atomic E-state index is 4.44. The lowest BCUT2D eigenvalue weighted by molar-refractivity contribution is 0.423. The summed E-state index contributed by atoms with van der Waals surface area (Å²) in [5.41, 5.74) is 2.51. The van der Waals surface area contributed by atoms with Crippen molar-refractivity contribution >= 4 is 11.8 Å². The van der Waals surface area contributed by atoms with Gasteiger partial charge in [0.15, 0.2) is 0 Å². The van der Waals surface area contributed by atoms with Crippen LogP contribution in [0, 0.1) is 6.92 Å².